The van der Waals surface area contributed by atoms with Gasteiger partial charge in [-0.2, -0.15) is 0 Å². The largest absolute Gasteiger partial charge is 0.507 e. The van der Waals surface area contributed by atoms with Crippen LogP contribution >= 0.6 is 34.5 Å². The van der Waals surface area contributed by atoms with Crippen molar-refractivity contribution in [2.75, 3.05) is 6.61 Å². The van der Waals surface area contributed by atoms with Gasteiger partial charge in [-0.05, 0) is 30.2 Å². The van der Waals surface area contributed by atoms with Gasteiger partial charge in [0.15, 0.2) is 9.84 Å². The highest BCUT2D eigenvalue weighted by Gasteiger charge is 2.21. The van der Waals surface area contributed by atoms with Crippen LogP contribution in [0.3, 0.4) is 0 Å². The van der Waals surface area contributed by atoms with Crippen LogP contribution in [0.2, 0.25) is 9.36 Å². The monoisotopic (exact) mass is 436 g/mol. The second-order valence-corrected chi connectivity index (χ2v) is 9.92. The number of carbonyl (C=O) groups excluding carboxylic acids is 1. The maximum atomic E-state index is 12.4. The van der Waals surface area contributed by atoms with E-state index >= 15 is 0 Å². The number of rotatable bonds is 8. The number of phenols is 1. The Morgan fingerprint density at radius 1 is 1.23 bits per heavy atom. The first kappa shape index (κ1) is 21.0. The smallest absolute Gasteiger partial charge is 0.341 e. The molecule has 0 saturated carbocycles. The second kappa shape index (κ2) is 9.08. The molecular weight excluding hydrogens is 419 g/mol. The van der Waals surface area contributed by atoms with E-state index in [9.17, 15) is 18.3 Å². The van der Waals surface area contributed by atoms with Crippen molar-refractivity contribution in [3.05, 3.63) is 44.8 Å². The third-order valence-electron chi connectivity index (χ3n) is 3.55. The van der Waals surface area contributed by atoms with Gasteiger partial charge in [0.2, 0.25) is 0 Å². The highest BCUT2D eigenvalue weighted by atomic mass is 35.5. The Morgan fingerprint density at radius 2 is 1.96 bits per heavy atom. The van der Waals surface area contributed by atoms with Gasteiger partial charge >= 0.3 is 5.97 Å². The molecule has 1 aromatic heterocycles. The van der Waals surface area contributed by atoms with E-state index in [1.54, 1.807) is 0 Å². The van der Waals surface area contributed by atoms with Gasteiger partial charge in [-0.1, -0.05) is 49.0 Å². The molecule has 0 unspecified atom stereocenters. The van der Waals surface area contributed by atoms with Crippen LogP contribution in [0.15, 0.2) is 28.5 Å². The number of hydrogen-bond acceptors (Lipinski definition) is 6. The highest BCUT2D eigenvalue weighted by Crippen LogP contribution is 2.35. The van der Waals surface area contributed by atoms with Crippen molar-refractivity contribution < 1.29 is 23.1 Å². The van der Waals surface area contributed by atoms with Crippen LogP contribution in [0.1, 0.15) is 42.1 Å². The first-order valence-electron chi connectivity index (χ1n) is 7.91. The SMILES string of the molecule is CCCCCOC(=O)c1ccc(CS(=O)(=O)c2cc(Cl)c(Cl)s2)cc1O. The second-order valence-electron chi connectivity index (χ2n) is 5.64. The zero-order valence-electron chi connectivity index (χ0n) is 14.0. The lowest BCUT2D eigenvalue weighted by Gasteiger charge is -2.08. The predicted octanol–water partition coefficient (Wildman–Crippen LogP) is 5.08. The van der Waals surface area contributed by atoms with Crippen molar-refractivity contribution in [3.63, 3.8) is 0 Å². The molecule has 0 spiro atoms. The zero-order chi connectivity index (χ0) is 19.3. The van der Waals surface area contributed by atoms with Crippen LogP contribution < -0.4 is 0 Å². The number of ether oxygens (including phenoxy) is 1. The van der Waals surface area contributed by atoms with Crippen LogP contribution in [0.5, 0.6) is 5.75 Å². The highest BCUT2D eigenvalue weighted by molar-refractivity contribution is 7.92. The lowest BCUT2D eigenvalue weighted by Crippen LogP contribution is -2.08. The third kappa shape index (κ3) is 5.36. The van der Waals surface area contributed by atoms with Crippen molar-refractivity contribution in [1.29, 1.82) is 0 Å². The molecule has 2 aromatic rings. The summed E-state index contributed by atoms with van der Waals surface area (Å²) in [5.41, 5.74) is 0.343. The number of hydrogen-bond donors (Lipinski definition) is 1. The first-order chi connectivity index (χ1) is 12.2. The van der Waals surface area contributed by atoms with Gasteiger partial charge in [-0.15, -0.1) is 11.3 Å². The normalized spacial score (nSPS) is 11.5. The van der Waals surface area contributed by atoms with Crippen molar-refractivity contribution in [2.24, 2.45) is 0 Å². The topological polar surface area (TPSA) is 80.7 Å². The van der Waals surface area contributed by atoms with Gasteiger partial charge in [-0.3, -0.25) is 0 Å². The molecule has 142 valence electrons. The minimum atomic E-state index is -3.66. The molecule has 9 heteroatoms. The van der Waals surface area contributed by atoms with E-state index in [1.807, 2.05) is 6.92 Å². The van der Waals surface area contributed by atoms with Gasteiger partial charge in [0.1, 0.15) is 19.9 Å². The summed E-state index contributed by atoms with van der Waals surface area (Å²) in [5.74, 6) is -1.30. The van der Waals surface area contributed by atoms with Crippen LogP contribution in [0, 0.1) is 0 Å². The molecule has 0 bridgehead atoms. The molecule has 1 heterocycles. The van der Waals surface area contributed by atoms with Crippen molar-refractivity contribution in [2.45, 2.75) is 36.1 Å². The molecule has 0 radical (unpaired) electrons. The Bertz CT molecular complexity index is 871. The summed E-state index contributed by atoms with van der Waals surface area (Å²) in [4.78, 5) is 12.0. The molecular formula is C17H18Cl2O5S2. The number of unbranched alkanes of at least 4 members (excludes halogenated alkanes) is 2. The molecule has 5 nitrogen and oxygen atoms in total. The van der Waals surface area contributed by atoms with Crippen molar-refractivity contribution >= 4 is 50.3 Å². The molecule has 0 amide bonds. The molecule has 0 aliphatic heterocycles. The predicted molar refractivity (Wildman–Crippen MR) is 103 cm³/mol. The summed E-state index contributed by atoms with van der Waals surface area (Å²) >= 11 is 12.5. The number of thiophene rings is 1. The van der Waals surface area contributed by atoms with E-state index < -0.39 is 15.8 Å². The molecule has 0 fully saturated rings. The summed E-state index contributed by atoms with van der Waals surface area (Å²) in [7, 11) is -3.66. The zero-order valence-corrected chi connectivity index (χ0v) is 17.1. The third-order valence-corrected chi connectivity index (χ3v) is 7.67. The van der Waals surface area contributed by atoms with Gasteiger partial charge in [-0.25, -0.2) is 13.2 Å². The lowest BCUT2D eigenvalue weighted by atomic mass is 10.1. The number of phenolic OH excluding ortho intramolecular Hbond substituents is 1. The first-order valence-corrected chi connectivity index (χ1v) is 11.1. The molecule has 2 rings (SSSR count). The van der Waals surface area contributed by atoms with Crippen molar-refractivity contribution in [3.8, 4) is 5.75 Å². The Kier molecular flexibility index (Phi) is 7.34. The quantitative estimate of drug-likeness (QED) is 0.460. The Hall–Kier alpha value is -1.28. The van der Waals surface area contributed by atoms with Crippen molar-refractivity contribution in [1.82, 2.24) is 0 Å². The Balaban J connectivity index is 2.10. The fourth-order valence-corrected chi connectivity index (χ4v) is 5.50. The van der Waals surface area contributed by atoms with E-state index in [0.717, 1.165) is 30.6 Å². The maximum absolute atomic E-state index is 12.4. The van der Waals surface area contributed by atoms with Gasteiger partial charge in [0.25, 0.3) is 0 Å². The fraction of sp³-hybridized carbons (Fsp3) is 0.353. The van der Waals surface area contributed by atoms with Crippen LogP contribution in [0.4, 0.5) is 0 Å². The number of esters is 1. The van der Waals surface area contributed by atoms with Crippen LogP contribution in [-0.2, 0) is 20.3 Å². The summed E-state index contributed by atoms with van der Waals surface area (Å²) in [6.07, 6.45) is 2.71. The number of benzene rings is 1. The van der Waals surface area contributed by atoms with E-state index in [1.165, 1.54) is 24.3 Å². The Labute approximate surface area is 166 Å². The molecule has 0 saturated heterocycles. The van der Waals surface area contributed by atoms with E-state index in [0.29, 0.717) is 5.56 Å². The maximum Gasteiger partial charge on any atom is 0.341 e. The van der Waals surface area contributed by atoms with E-state index in [-0.39, 0.29) is 37.2 Å². The minimum Gasteiger partial charge on any atom is -0.507 e. The standard InChI is InChI=1S/C17H18Cl2O5S2/c1-2-3-4-7-24-17(21)12-6-5-11(8-14(12)20)10-26(22,23)15-9-13(18)16(19)25-15/h5-6,8-9,20H,2-4,7,10H2,1H3. The average molecular weight is 437 g/mol. The molecule has 0 atom stereocenters. The fourth-order valence-electron chi connectivity index (χ4n) is 2.20. The average Bonchev–Trinajstić information content (AvgIpc) is 2.91. The molecule has 0 aliphatic rings. The van der Waals surface area contributed by atoms with Crippen LogP contribution in [0.25, 0.3) is 0 Å². The minimum absolute atomic E-state index is 0.00450. The summed E-state index contributed by atoms with van der Waals surface area (Å²) in [6.45, 7) is 2.32. The number of carbonyl (C=O) groups is 1. The van der Waals surface area contributed by atoms with E-state index in [4.69, 9.17) is 27.9 Å². The molecule has 0 aliphatic carbocycles. The molecule has 1 aromatic carbocycles. The lowest BCUT2D eigenvalue weighted by molar-refractivity contribution is 0.0495. The van der Waals surface area contributed by atoms with E-state index in [2.05, 4.69) is 0 Å². The number of aromatic hydroxyl groups is 1. The number of sulfone groups is 1. The summed E-state index contributed by atoms with van der Waals surface area (Å²) in [6, 6.07) is 5.37. The van der Waals surface area contributed by atoms with Gasteiger partial charge in [0.05, 0.1) is 17.4 Å². The summed E-state index contributed by atoms with van der Waals surface area (Å²) in [5, 5.41) is 10.2. The van der Waals surface area contributed by atoms with Crippen LogP contribution in [-0.4, -0.2) is 26.1 Å². The number of halogens is 2. The van der Waals surface area contributed by atoms with Gasteiger partial charge in [0, 0.05) is 0 Å². The summed E-state index contributed by atoms with van der Waals surface area (Å²) < 4.78 is 30.2. The molecule has 26 heavy (non-hydrogen) atoms. The molecule has 1 N–H and O–H groups in total. The Morgan fingerprint density at radius 3 is 2.54 bits per heavy atom. The van der Waals surface area contributed by atoms with Gasteiger partial charge < -0.3 is 9.84 Å².